The number of hydrogen-bond donors (Lipinski definition) is 2. The average molecular weight is 261 g/mol. The van der Waals surface area contributed by atoms with E-state index in [-0.39, 0.29) is 0 Å². The highest BCUT2D eigenvalue weighted by Gasteiger charge is 2.10. The molecular formula is C15H11N5. The van der Waals surface area contributed by atoms with Crippen molar-refractivity contribution >= 4 is 27.6 Å². The normalized spacial score (nSPS) is 11.2. The van der Waals surface area contributed by atoms with Crippen molar-refractivity contribution in [3.8, 4) is 11.4 Å². The third-order valence-electron chi connectivity index (χ3n) is 3.33. The summed E-state index contributed by atoms with van der Waals surface area (Å²) in [5.41, 5.74) is 9.15. The van der Waals surface area contributed by atoms with Crippen molar-refractivity contribution in [2.75, 3.05) is 5.73 Å². The molecule has 5 heteroatoms. The van der Waals surface area contributed by atoms with Gasteiger partial charge in [-0.15, -0.1) is 0 Å². The van der Waals surface area contributed by atoms with Crippen LogP contribution in [0, 0.1) is 0 Å². The zero-order chi connectivity index (χ0) is 13.5. The summed E-state index contributed by atoms with van der Waals surface area (Å²) in [5.74, 6) is 0.712. The van der Waals surface area contributed by atoms with Gasteiger partial charge in [0.2, 0.25) is 0 Å². The molecule has 0 spiro atoms. The fourth-order valence-corrected chi connectivity index (χ4v) is 2.35. The van der Waals surface area contributed by atoms with Gasteiger partial charge in [-0.1, -0.05) is 24.3 Å². The molecule has 0 saturated heterocycles. The number of anilines is 1. The van der Waals surface area contributed by atoms with E-state index in [2.05, 4.69) is 26.0 Å². The molecule has 0 aliphatic rings. The van der Waals surface area contributed by atoms with Crippen LogP contribution in [0.2, 0.25) is 0 Å². The fraction of sp³-hybridized carbons (Fsp3) is 0. The van der Waals surface area contributed by atoms with Gasteiger partial charge in [0.25, 0.3) is 0 Å². The Hall–Kier alpha value is -2.95. The van der Waals surface area contributed by atoms with Crippen LogP contribution in [0.5, 0.6) is 0 Å². The maximum absolute atomic E-state index is 6.14. The van der Waals surface area contributed by atoms with Gasteiger partial charge in [0.15, 0.2) is 5.65 Å². The molecular weight excluding hydrogens is 250 g/mol. The number of nitrogen functional groups attached to an aromatic ring is 1. The van der Waals surface area contributed by atoms with Crippen LogP contribution < -0.4 is 5.73 Å². The van der Waals surface area contributed by atoms with Gasteiger partial charge < -0.3 is 10.7 Å². The maximum atomic E-state index is 6.14. The number of imidazole rings is 1. The van der Waals surface area contributed by atoms with E-state index < -0.39 is 0 Å². The number of hydrogen-bond acceptors (Lipinski definition) is 4. The lowest BCUT2D eigenvalue weighted by molar-refractivity contribution is 1.20. The van der Waals surface area contributed by atoms with Crippen molar-refractivity contribution in [2.24, 2.45) is 0 Å². The number of nitrogens with two attached hydrogens (primary N) is 1. The molecule has 0 radical (unpaired) electrons. The number of benzene rings is 2. The molecule has 0 aliphatic carbocycles. The van der Waals surface area contributed by atoms with Crippen LogP contribution in [0.25, 0.3) is 33.3 Å². The summed E-state index contributed by atoms with van der Waals surface area (Å²) in [7, 11) is 0. The molecule has 5 nitrogen and oxygen atoms in total. The summed E-state index contributed by atoms with van der Waals surface area (Å²) in [4.78, 5) is 15.8. The number of nitrogens with zero attached hydrogens (tertiary/aromatic N) is 3. The summed E-state index contributed by atoms with van der Waals surface area (Å²) in [5, 5.41) is 2.24. The van der Waals surface area contributed by atoms with Gasteiger partial charge in [0.1, 0.15) is 17.7 Å². The van der Waals surface area contributed by atoms with Crippen molar-refractivity contribution in [1.82, 2.24) is 19.9 Å². The summed E-state index contributed by atoms with van der Waals surface area (Å²) < 4.78 is 0. The molecule has 3 N–H and O–H groups in total. The topological polar surface area (TPSA) is 80.5 Å². The summed E-state index contributed by atoms with van der Waals surface area (Å²) >= 11 is 0. The number of aromatic amines is 1. The van der Waals surface area contributed by atoms with Crippen LogP contribution in [-0.2, 0) is 0 Å². The van der Waals surface area contributed by atoms with Crippen LogP contribution in [0.3, 0.4) is 0 Å². The molecule has 96 valence electrons. The Morgan fingerprint density at radius 1 is 1.05 bits per heavy atom. The molecule has 2 aromatic carbocycles. The fourth-order valence-electron chi connectivity index (χ4n) is 2.35. The monoisotopic (exact) mass is 261 g/mol. The van der Waals surface area contributed by atoms with Crippen molar-refractivity contribution < 1.29 is 0 Å². The zero-order valence-electron chi connectivity index (χ0n) is 10.5. The van der Waals surface area contributed by atoms with Crippen molar-refractivity contribution in [3.63, 3.8) is 0 Å². The van der Waals surface area contributed by atoms with E-state index in [1.807, 2.05) is 30.3 Å². The number of nitrogens with one attached hydrogen (secondary N) is 1. The number of H-pyrrole nitrogens is 1. The Bertz CT molecular complexity index is 893. The van der Waals surface area contributed by atoms with Gasteiger partial charge in [0, 0.05) is 11.3 Å². The summed E-state index contributed by atoms with van der Waals surface area (Å²) in [6.45, 7) is 0. The van der Waals surface area contributed by atoms with Gasteiger partial charge in [-0.2, -0.15) is 0 Å². The number of fused-ring (bicyclic) bond motifs is 2. The van der Waals surface area contributed by atoms with Crippen LogP contribution in [0.15, 0.2) is 48.9 Å². The van der Waals surface area contributed by atoms with Gasteiger partial charge in [-0.3, -0.25) is 0 Å². The second-order valence-electron chi connectivity index (χ2n) is 4.63. The predicted molar refractivity (Wildman–Crippen MR) is 79.0 cm³/mol. The lowest BCUT2D eigenvalue weighted by Crippen LogP contribution is -1.91. The lowest BCUT2D eigenvalue weighted by Gasteiger charge is -2.05. The molecule has 2 aromatic heterocycles. The lowest BCUT2D eigenvalue weighted by atomic mass is 10.0. The molecule has 4 aromatic rings. The van der Waals surface area contributed by atoms with Crippen molar-refractivity contribution in [1.29, 1.82) is 0 Å². The summed E-state index contributed by atoms with van der Waals surface area (Å²) in [6, 6.07) is 12.1. The third-order valence-corrected chi connectivity index (χ3v) is 3.33. The molecule has 0 aliphatic heterocycles. The third kappa shape index (κ3) is 1.60. The molecule has 0 unspecified atom stereocenters. The molecule has 2 heterocycles. The highest BCUT2D eigenvalue weighted by atomic mass is 15.0. The van der Waals surface area contributed by atoms with Crippen LogP contribution in [-0.4, -0.2) is 19.9 Å². The Balaban J connectivity index is 1.98. The van der Waals surface area contributed by atoms with E-state index in [0.717, 1.165) is 21.9 Å². The van der Waals surface area contributed by atoms with E-state index in [4.69, 9.17) is 5.73 Å². The standard InChI is InChI=1S/C15H11N5/c16-12-6-10-4-2-1-3-9(10)5-11(12)14-19-13-7-17-8-18-15(13)20-14/h1-8H,16H2,(H,17,18,19,20). The maximum Gasteiger partial charge on any atom is 0.181 e. The minimum Gasteiger partial charge on any atom is -0.398 e. The first-order valence-electron chi connectivity index (χ1n) is 6.25. The van der Waals surface area contributed by atoms with Crippen LogP contribution >= 0.6 is 0 Å². The molecule has 20 heavy (non-hydrogen) atoms. The largest absolute Gasteiger partial charge is 0.398 e. The highest BCUT2D eigenvalue weighted by Crippen LogP contribution is 2.29. The van der Waals surface area contributed by atoms with E-state index >= 15 is 0 Å². The quantitative estimate of drug-likeness (QED) is 0.516. The minimum absolute atomic E-state index is 0.641. The molecule has 0 atom stereocenters. The van der Waals surface area contributed by atoms with Crippen molar-refractivity contribution in [2.45, 2.75) is 0 Å². The second-order valence-corrected chi connectivity index (χ2v) is 4.63. The molecule has 0 fully saturated rings. The highest BCUT2D eigenvalue weighted by molar-refractivity contribution is 5.93. The van der Waals surface area contributed by atoms with Gasteiger partial charge in [-0.05, 0) is 22.9 Å². The predicted octanol–water partition coefficient (Wildman–Crippen LogP) is 2.76. The molecule has 4 rings (SSSR count). The summed E-state index contributed by atoms with van der Waals surface area (Å²) in [6.07, 6.45) is 3.19. The van der Waals surface area contributed by atoms with E-state index in [1.54, 1.807) is 6.20 Å². The molecule has 0 saturated carbocycles. The molecule has 0 bridgehead atoms. The van der Waals surface area contributed by atoms with E-state index in [9.17, 15) is 0 Å². The Labute approximate surface area is 114 Å². The van der Waals surface area contributed by atoms with E-state index in [1.165, 1.54) is 6.33 Å². The number of aromatic nitrogens is 4. The van der Waals surface area contributed by atoms with Gasteiger partial charge in [0.05, 0.1) is 6.20 Å². The smallest absolute Gasteiger partial charge is 0.181 e. The second kappa shape index (κ2) is 4.03. The number of rotatable bonds is 1. The Kier molecular flexibility index (Phi) is 2.20. The zero-order valence-corrected chi connectivity index (χ0v) is 10.5. The Morgan fingerprint density at radius 3 is 2.65 bits per heavy atom. The average Bonchev–Trinajstić information content (AvgIpc) is 2.90. The van der Waals surface area contributed by atoms with Gasteiger partial charge >= 0.3 is 0 Å². The van der Waals surface area contributed by atoms with Crippen molar-refractivity contribution in [3.05, 3.63) is 48.9 Å². The Morgan fingerprint density at radius 2 is 1.85 bits per heavy atom. The SMILES string of the molecule is Nc1cc2ccccc2cc1-c1nc2ncncc2[nH]1. The van der Waals surface area contributed by atoms with Gasteiger partial charge in [-0.25, -0.2) is 15.0 Å². The molecule has 0 amide bonds. The first-order chi connectivity index (χ1) is 9.81. The van der Waals surface area contributed by atoms with Crippen LogP contribution in [0.1, 0.15) is 0 Å². The first kappa shape index (κ1) is 10.9. The first-order valence-corrected chi connectivity index (χ1v) is 6.25. The van der Waals surface area contributed by atoms with E-state index in [0.29, 0.717) is 17.2 Å². The minimum atomic E-state index is 0.641. The van der Waals surface area contributed by atoms with Crippen LogP contribution in [0.4, 0.5) is 5.69 Å².